The number of hydrogen-bond acceptors (Lipinski definition) is 4. The van der Waals surface area contributed by atoms with Gasteiger partial charge in [-0.25, -0.2) is 0 Å². The first-order valence-corrected chi connectivity index (χ1v) is 8.91. The molecule has 0 aromatic heterocycles. The van der Waals surface area contributed by atoms with Gasteiger partial charge in [0.25, 0.3) is 0 Å². The van der Waals surface area contributed by atoms with Gasteiger partial charge in [-0.1, -0.05) is 57.6 Å². The average molecular weight is 330 g/mol. The highest BCUT2D eigenvalue weighted by molar-refractivity contribution is 5.66. The van der Waals surface area contributed by atoms with Crippen molar-refractivity contribution in [3.8, 4) is 0 Å². The maximum Gasteiger partial charge on any atom is 0.303 e. The zero-order chi connectivity index (χ0) is 17.5. The summed E-state index contributed by atoms with van der Waals surface area (Å²) in [6, 6.07) is 0. The van der Waals surface area contributed by atoms with Gasteiger partial charge in [0.2, 0.25) is 0 Å². The van der Waals surface area contributed by atoms with E-state index in [1.54, 1.807) is 6.08 Å². The van der Waals surface area contributed by atoms with Gasteiger partial charge in [0.1, 0.15) is 12.2 Å². The molecule has 5 heteroatoms. The molecule has 0 bridgehead atoms. The van der Waals surface area contributed by atoms with Crippen LogP contribution in [-0.4, -0.2) is 44.7 Å². The van der Waals surface area contributed by atoms with Gasteiger partial charge in [-0.05, 0) is 25.7 Å². The van der Waals surface area contributed by atoms with Crippen LogP contribution < -0.4 is 0 Å². The lowest BCUT2D eigenvalue weighted by Gasteiger charge is -2.20. The van der Waals surface area contributed by atoms with Crippen LogP contribution in [0.1, 0.15) is 77.6 Å². The molecule has 23 heavy (non-hydrogen) atoms. The summed E-state index contributed by atoms with van der Waals surface area (Å²) in [6.07, 6.45) is 9.54. The normalized spacial score (nSPS) is 15.7. The Morgan fingerprint density at radius 3 is 2.26 bits per heavy atom. The molecule has 0 radical (unpaired) electrons. The SMILES string of the molecule is CCCCC[C@H](O)[C@H](O)[C@H](O)/C=C/CCCCCCCC(=O)O. The molecule has 0 saturated carbocycles. The third-order valence-electron chi connectivity index (χ3n) is 3.94. The predicted octanol–water partition coefficient (Wildman–Crippen LogP) is 3.02. The Labute approximate surface area is 140 Å². The first-order valence-electron chi connectivity index (χ1n) is 8.91. The van der Waals surface area contributed by atoms with E-state index in [1.807, 2.05) is 6.08 Å². The first-order chi connectivity index (χ1) is 11.0. The van der Waals surface area contributed by atoms with Gasteiger partial charge >= 0.3 is 5.97 Å². The van der Waals surface area contributed by atoms with Crippen LogP contribution in [-0.2, 0) is 4.79 Å². The second kappa shape index (κ2) is 14.7. The summed E-state index contributed by atoms with van der Waals surface area (Å²) in [5, 5.41) is 38.0. The summed E-state index contributed by atoms with van der Waals surface area (Å²) in [6.45, 7) is 2.08. The van der Waals surface area contributed by atoms with Crippen molar-refractivity contribution in [1.29, 1.82) is 0 Å². The largest absolute Gasteiger partial charge is 0.481 e. The smallest absolute Gasteiger partial charge is 0.303 e. The Morgan fingerprint density at radius 2 is 1.61 bits per heavy atom. The maximum atomic E-state index is 10.3. The Bertz CT molecular complexity index is 317. The molecule has 0 aliphatic carbocycles. The quantitative estimate of drug-likeness (QED) is 0.273. The van der Waals surface area contributed by atoms with Gasteiger partial charge in [0.05, 0.1) is 6.10 Å². The predicted molar refractivity (Wildman–Crippen MR) is 91.3 cm³/mol. The van der Waals surface area contributed by atoms with E-state index in [1.165, 1.54) is 0 Å². The van der Waals surface area contributed by atoms with Crippen LogP contribution in [0.2, 0.25) is 0 Å². The molecule has 136 valence electrons. The number of unbranched alkanes of at least 4 members (excludes halogenated alkanes) is 7. The monoisotopic (exact) mass is 330 g/mol. The molecule has 3 atom stereocenters. The van der Waals surface area contributed by atoms with Gasteiger partial charge in [0, 0.05) is 6.42 Å². The van der Waals surface area contributed by atoms with Gasteiger partial charge in [-0.3, -0.25) is 4.79 Å². The van der Waals surface area contributed by atoms with Crippen LogP contribution in [0.15, 0.2) is 12.2 Å². The molecule has 0 aliphatic rings. The second-order valence-corrected chi connectivity index (χ2v) is 6.17. The zero-order valence-corrected chi connectivity index (χ0v) is 14.4. The van der Waals surface area contributed by atoms with Gasteiger partial charge < -0.3 is 20.4 Å². The van der Waals surface area contributed by atoms with E-state index in [4.69, 9.17) is 5.11 Å². The number of carboxylic acids is 1. The topological polar surface area (TPSA) is 98.0 Å². The number of rotatable bonds is 15. The highest BCUT2D eigenvalue weighted by Crippen LogP contribution is 2.12. The summed E-state index contributed by atoms with van der Waals surface area (Å²) >= 11 is 0. The van der Waals surface area contributed by atoms with Gasteiger partial charge in [-0.15, -0.1) is 0 Å². The van der Waals surface area contributed by atoms with Crippen molar-refractivity contribution in [1.82, 2.24) is 0 Å². The third-order valence-corrected chi connectivity index (χ3v) is 3.94. The van der Waals surface area contributed by atoms with Crippen molar-refractivity contribution >= 4 is 5.97 Å². The fourth-order valence-corrected chi connectivity index (χ4v) is 2.42. The van der Waals surface area contributed by atoms with E-state index in [0.29, 0.717) is 6.42 Å². The lowest BCUT2D eigenvalue weighted by molar-refractivity contribution is -0.137. The van der Waals surface area contributed by atoms with Crippen molar-refractivity contribution in [3.05, 3.63) is 12.2 Å². The summed E-state index contributed by atoms with van der Waals surface area (Å²) in [7, 11) is 0. The lowest BCUT2D eigenvalue weighted by atomic mass is 10.0. The standard InChI is InChI=1S/C18H34O5/c1-2-3-9-12-15(19)18(23)16(20)13-10-7-5-4-6-8-11-14-17(21)22/h10,13,15-16,18-20,23H,2-9,11-12,14H2,1H3,(H,21,22)/b13-10+/t15-,16+,18-/m0/s1. The van der Waals surface area contributed by atoms with Crippen LogP contribution in [0.3, 0.4) is 0 Å². The molecule has 4 N–H and O–H groups in total. The molecule has 0 saturated heterocycles. The maximum absolute atomic E-state index is 10.3. The molecule has 0 rings (SSSR count). The van der Waals surface area contributed by atoms with Crippen LogP contribution in [0.4, 0.5) is 0 Å². The number of aliphatic hydroxyl groups excluding tert-OH is 3. The fourth-order valence-electron chi connectivity index (χ4n) is 2.42. The molecule has 0 spiro atoms. The van der Waals surface area contributed by atoms with Crippen LogP contribution >= 0.6 is 0 Å². The summed E-state index contributed by atoms with van der Waals surface area (Å²) in [5.74, 6) is -0.739. The Kier molecular flexibility index (Phi) is 14.1. The molecule has 0 heterocycles. The summed E-state index contributed by atoms with van der Waals surface area (Å²) < 4.78 is 0. The van der Waals surface area contributed by atoms with Crippen LogP contribution in [0, 0.1) is 0 Å². The highest BCUT2D eigenvalue weighted by Gasteiger charge is 2.21. The molecule has 0 aromatic carbocycles. The minimum atomic E-state index is -1.13. The van der Waals surface area contributed by atoms with Gasteiger partial charge in [0.15, 0.2) is 0 Å². The Hall–Kier alpha value is -0.910. The van der Waals surface area contributed by atoms with Crippen molar-refractivity contribution in [2.24, 2.45) is 0 Å². The van der Waals surface area contributed by atoms with Crippen molar-refractivity contribution in [2.45, 2.75) is 95.9 Å². The molecular formula is C18H34O5. The zero-order valence-electron chi connectivity index (χ0n) is 14.4. The first kappa shape index (κ1) is 22.1. The fraction of sp³-hybridized carbons (Fsp3) is 0.833. The molecule has 5 nitrogen and oxygen atoms in total. The van der Waals surface area contributed by atoms with E-state index in [0.717, 1.165) is 57.8 Å². The lowest BCUT2D eigenvalue weighted by Crippen LogP contribution is -2.36. The molecule has 0 amide bonds. The minimum Gasteiger partial charge on any atom is -0.481 e. The van der Waals surface area contributed by atoms with E-state index in [-0.39, 0.29) is 6.42 Å². The minimum absolute atomic E-state index is 0.241. The number of allylic oxidation sites excluding steroid dienone is 1. The number of hydrogen-bond donors (Lipinski definition) is 4. The molecule has 0 aliphatic heterocycles. The molecule has 0 aromatic rings. The third kappa shape index (κ3) is 13.2. The number of carboxylic acid groups (broad SMARTS) is 1. The van der Waals surface area contributed by atoms with Crippen molar-refractivity contribution in [2.75, 3.05) is 0 Å². The number of aliphatic hydroxyl groups is 3. The summed E-state index contributed by atoms with van der Waals surface area (Å²) in [4.78, 5) is 10.3. The Balaban J connectivity index is 3.66. The summed E-state index contributed by atoms with van der Waals surface area (Å²) in [5.41, 5.74) is 0. The van der Waals surface area contributed by atoms with E-state index >= 15 is 0 Å². The average Bonchev–Trinajstić information content (AvgIpc) is 2.52. The van der Waals surface area contributed by atoms with Gasteiger partial charge in [-0.2, -0.15) is 0 Å². The van der Waals surface area contributed by atoms with E-state index in [2.05, 4.69) is 6.92 Å². The van der Waals surface area contributed by atoms with Crippen molar-refractivity contribution in [3.63, 3.8) is 0 Å². The molecular weight excluding hydrogens is 296 g/mol. The van der Waals surface area contributed by atoms with Crippen molar-refractivity contribution < 1.29 is 25.2 Å². The van der Waals surface area contributed by atoms with Crippen LogP contribution in [0.5, 0.6) is 0 Å². The number of carbonyl (C=O) groups is 1. The second-order valence-electron chi connectivity index (χ2n) is 6.17. The Morgan fingerprint density at radius 1 is 0.957 bits per heavy atom. The van der Waals surface area contributed by atoms with E-state index in [9.17, 15) is 20.1 Å². The highest BCUT2D eigenvalue weighted by atomic mass is 16.4. The number of aliphatic carboxylic acids is 1. The molecule has 0 unspecified atom stereocenters. The molecule has 0 fully saturated rings. The van der Waals surface area contributed by atoms with Crippen LogP contribution in [0.25, 0.3) is 0 Å². The van der Waals surface area contributed by atoms with E-state index < -0.39 is 24.3 Å².